The van der Waals surface area contributed by atoms with Crippen molar-refractivity contribution in [3.63, 3.8) is 0 Å². The second-order valence-electron chi connectivity index (χ2n) is 7.52. The Morgan fingerprint density at radius 1 is 1.09 bits per heavy atom. The molecule has 15 heteroatoms. The number of carbonyl (C=O) groups excluding carboxylic acids is 1. The zero-order chi connectivity index (χ0) is 26.0. The average molecular weight is 556 g/mol. The van der Waals surface area contributed by atoms with Crippen molar-refractivity contribution in [1.29, 1.82) is 0 Å². The SMILES string of the molecule is CS(=O)(=O)N(CC(=O)Nc1cc(C(F)(F)F)ccc1Cl)c1ccc(S(=O)(=O)N2CCOCC2)cc1. The number of rotatable bonds is 7. The Hall–Kier alpha value is -2.39. The molecule has 2 aromatic carbocycles. The highest BCUT2D eigenvalue weighted by Gasteiger charge is 2.31. The number of alkyl halides is 3. The summed E-state index contributed by atoms with van der Waals surface area (Å²) in [5, 5.41) is 2.01. The van der Waals surface area contributed by atoms with Crippen LogP contribution in [-0.4, -0.2) is 66.2 Å². The summed E-state index contributed by atoms with van der Waals surface area (Å²) in [6, 6.07) is 7.20. The molecule has 0 aliphatic carbocycles. The summed E-state index contributed by atoms with van der Waals surface area (Å²) in [4.78, 5) is 12.4. The van der Waals surface area contributed by atoms with Crippen LogP contribution in [0.25, 0.3) is 0 Å². The largest absolute Gasteiger partial charge is 0.416 e. The molecule has 0 unspecified atom stereocenters. The molecule has 1 aliphatic heterocycles. The Morgan fingerprint density at radius 3 is 2.23 bits per heavy atom. The number of morpholine rings is 1. The molecular formula is C20H21ClF3N3O6S2. The molecule has 1 amide bonds. The van der Waals surface area contributed by atoms with Gasteiger partial charge in [0.05, 0.1) is 46.3 Å². The molecular weight excluding hydrogens is 535 g/mol. The van der Waals surface area contributed by atoms with Gasteiger partial charge in [-0.25, -0.2) is 16.8 Å². The summed E-state index contributed by atoms with van der Waals surface area (Å²) in [7, 11) is -7.86. The third-order valence-corrected chi connectivity index (χ3v) is 8.37. The van der Waals surface area contributed by atoms with E-state index >= 15 is 0 Å². The number of halogens is 4. The molecule has 0 radical (unpaired) electrons. The minimum absolute atomic E-state index is 0.0151. The van der Waals surface area contributed by atoms with E-state index in [0.717, 1.165) is 18.4 Å². The fourth-order valence-corrected chi connectivity index (χ4v) is 5.67. The van der Waals surface area contributed by atoms with E-state index in [1.807, 2.05) is 0 Å². The quantitative estimate of drug-likeness (QED) is 0.562. The van der Waals surface area contributed by atoms with Crippen molar-refractivity contribution in [2.45, 2.75) is 11.1 Å². The summed E-state index contributed by atoms with van der Waals surface area (Å²) in [5.74, 6) is -0.957. The van der Waals surface area contributed by atoms with Crippen molar-refractivity contribution in [2.75, 3.05) is 48.7 Å². The van der Waals surface area contributed by atoms with Crippen LogP contribution in [-0.2, 0) is 35.8 Å². The summed E-state index contributed by atoms with van der Waals surface area (Å²) in [6.07, 6.45) is -3.85. The monoisotopic (exact) mass is 555 g/mol. The van der Waals surface area contributed by atoms with Crippen LogP contribution in [0.4, 0.5) is 24.5 Å². The highest BCUT2D eigenvalue weighted by molar-refractivity contribution is 7.92. The first-order chi connectivity index (χ1) is 16.2. The van der Waals surface area contributed by atoms with Gasteiger partial charge < -0.3 is 10.1 Å². The minimum atomic E-state index is -4.67. The number of nitrogens with one attached hydrogen (secondary N) is 1. The number of hydrogen-bond acceptors (Lipinski definition) is 6. The number of nitrogens with zero attached hydrogens (tertiary/aromatic N) is 2. The van der Waals surface area contributed by atoms with E-state index in [0.29, 0.717) is 10.4 Å². The van der Waals surface area contributed by atoms with Gasteiger partial charge in [0, 0.05) is 13.1 Å². The number of hydrogen-bond donors (Lipinski definition) is 1. The Balaban J connectivity index is 1.81. The lowest BCUT2D eigenvalue weighted by molar-refractivity contribution is -0.137. The van der Waals surface area contributed by atoms with Gasteiger partial charge in [-0.15, -0.1) is 0 Å². The van der Waals surface area contributed by atoms with Crippen LogP contribution in [0.3, 0.4) is 0 Å². The number of carbonyl (C=O) groups is 1. The second-order valence-corrected chi connectivity index (χ2v) is 11.8. The number of benzene rings is 2. The molecule has 9 nitrogen and oxygen atoms in total. The zero-order valence-electron chi connectivity index (χ0n) is 18.2. The molecule has 35 heavy (non-hydrogen) atoms. The van der Waals surface area contributed by atoms with Crippen molar-refractivity contribution in [3.8, 4) is 0 Å². The Kier molecular flexibility index (Phi) is 8.01. The standard InChI is InChI=1S/C20H21ClF3N3O6S2/c1-34(29,30)27(13-19(28)25-18-12-14(20(22,23)24)2-7-17(18)21)15-3-5-16(6-4-15)35(31,32)26-8-10-33-11-9-26/h2-7,12H,8-11,13H2,1H3,(H,25,28). The van der Waals surface area contributed by atoms with E-state index in [-0.39, 0.29) is 47.6 Å². The molecule has 0 saturated carbocycles. The fraction of sp³-hybridized carbons (Fsp3) is 0.350. The Bertz CT molecular complexity index is 1300. The smallest absolute Gasteiger partial charge is 0.379 e. The maximum Gasteiger partial charge on any atom is 0.416 e. The normalized spacial score (nSPS) is 15.6. The van der Waals surface area contributed by atoms with Crippen LogP contribution in [0.15, 0.2) is 47.4 Å². The minimum Gasteiger partial charge on any atom is -0.379 e. The number of amides is 1. The Morgan fingerprint density at radius 2 is 1.69 bits per heavy atom. The Labute approximate surface area is 205 Å². The lowest BCUT2D eigenvalue weighted by atomic mass is 10.2. The summed E-state index contributed by atoms with van der Waals surface area (Å²) in [6.45, 7) is 0.0744. The van der Waals surface area contributed by atoms with Crippen molar-refractivity contribution in [3.05, 3.63) is 53.1 Å². The van der Waals surface area contributed by atoms with Gasteiger partial charge in [0.15, 0.2) is 0 Å². The van der Waals surface area contributed by atoms with E-state index in [4.69, 9.17) is 16.3 Å². The molecule has 3 rings (SSSR count). The average Bonchev–Trinajstić information content (AvgIpc) is 2.78. The second kappa shape index (κ2) is 10.3. The molecule has 192 valence electrons. The van der Waals surface area contributed by atoms with Gasteiger partial charge in [-0.3, -0.25) is 9.10 Å². The topological polar surface area (TPSA) is 113 Å². The molecule has 1 N–H and O–H groups in total. The van der Waals surface area contributed by atoms with Gasteiger partial charge in [-0.2, -0.15) is 17.5 Å². The third kappa shape index (κ3) is 6.64. The van der Waals surface area contributed by atoms with E-state index in [1.54, 1.807) is 0 Å². The molecule has 0 aromatic heterocycles. The van der Waals surface area contributed by atoms with Gasteiger partial charge in [-0.05, 0) is 42.5 Å². The molecule has 1 aliphatic rings. The van der Waals surface area contributed by atoms with Crippen molar-refractivity contribution >= 4 is 48.9 Å². The van der Waals surface area contributed by atoms with Gasteiger partial charge in [0.25, 0.3) is 0 Å². The van der Waals surface area contributed by atoms with E-state index < -0.39 is 44.2 Å². The van der Waals surface area contributed by atoms with Gasteiger partial charge in [0.2, 0.25) is 26.0 Å². The number of sulfonamides is 2. The fourth-order valence-electron chi connectivity index (χ4n) is 3.24. The highest BCUT2D eigenvalue weighted by atomic mass is 35.5. The molecule has 2 aromatic rings. The van der Waals surface area contributed by atoms with E-state index in [9.17, 15) is 34.8 Å². The molecule has 0 bridgehead atoms. The first-order valence-electron chi connectivity index (χ1n) is 10.0. The van der Waals surface area contributed by atoms with Gasteiger partial charge >= 0.3 is 6.18 Å². The summed E-state index contributed by atoms with van der Waals surface area (Å²) >= 11 is 5.88. The predicted octanol–water partition coefficient (Wildman–Crippen LogP) is 2.78. The van der Waals surface area contributed by atoms with E-state index in [1.165, 1.54) is 28.6 Å². The third-order valence-electron chi connectivity index (χ3n) is 4.99. The van der Waals surface area contributed by atoms with Gasteiger partial charge in [-0.1, -0.05) is 11.6 Å². The van der Waals surface area contributed by atoms with Crippen LogP contribution >= 0.6 is 11.6 Å². The van der Waals surface area contributed by atoms with E-state index in [2.05, 4.69) is 5.32 Å². The molecule has 1 heterocycles. The van der Waals surface area contributed by atoms with Crippen molar-refractivity contribution in [1.82, 2.24) is 4.31 Å². The predicted molar refractivity (Wildman–Crippen MR) is 123 cm³/mol. The number of ether oxygens (including phenoxy) is 1. The highest BCUT2D eigenvalue weighted by Crippen LogP contribution is 2.34. The maximum absolute atomic E-state index is 13.0. The first-order valence-corrected chi connectivity index (χ1v) is 13.7. The summed E-state index contributed by atoms with van der Waals surface area (Å²) in [5.41, 5.74) is -1.40. The van der Waals surface area contributed by atoms with Crippen LogP contribution in [0.1, 0.15) is 5.56 Å². The van der Waals surface area contributed by atoms with Crippen molar-refractivity contribution in [2.24, 2.45) is 0 Å². The zero-order valence-corrected chi connectivity index (χ0v) is 20.6. The first kappa shape index (κ1) is 27.2. The van der Waals surface area contributed by atoms with Crippen LogP contribution in [0.5, 0.6) is 0 Å². The van der Waals surface area contributed by atoms with Crippen molar-refractivity contribution < 1.29 is 39.5 Å². The maximum atomic E-state index is 13.0. The lowest BCUT2D eigenvalue weighted by Gasteiger charge is -2.26. The molecule has 1 saturated heterocycles. The summed E-state index contributed by atoms with van der Waals surface area (Å²) < 4.78 is 96.2. The molecule has 0 spiro atoms. The number of anilines is 2. The van der Waals surface area contributed by atoms with Gasteiger partial charge in [0.1, 0.15) is 6.54 Å². The molecule has 0 atom stereocenters. The van der Waals surface area contributed by atoms with Crippen LogP contribution < -0.4 is 9.62 Å². The van der Waals surface area contributed by atoms with Crippen LogP contribution in [0, 0.1) is 0 Å². The molecule has 1 fully saturated rings. The lowest BCUT2D eigenvalue weighted by Crippen LogP contribution is -2.40. The van der Waals surface area contributed by atoms with Crippen LogP contribution in [0.2, 0.25) is 5.02 Å².